The van der Waals surface area contributed by atoms with Crippen molar-refractivity contribution in [1.82, 2.24) is 9.97 Å². The van der Waals surface area contributed by atoms with Crippen molar-refractivity contribution in [2.75, 3.05) is 11.9 Å². The summed E-state index contributed by atoms with van der Waals surface area (Å²) >= 11 is 1.98. The second-order valence-corrected chi connectivity index (χ2v) is 10.0. The van der Waals surface area contributed by atoms with Crippen LogP contribution in [-0.2, 0) is 38.1 Å². The van der Waals surface area contributed by atoms with Gasteiger partial charge in [0.15, 0.2) is 12.3 Å². The first-order valence-electron chi connectivity index (χ1n) is 10.6. The van der Waals surface area contributed by atoms with E-state index in [9.17, 15) is 22.8 Å². The van der Waals surface area contributed by atoms with Gasteiger partial charge in [0.25, 0.3) is 10.1 Å². The lowest BCUT2D eigenvalue weighted by atomic mass is 10.1. The summed E-state index contributed by atoms with van der Waals surface area (Å²) in [5.41, 5.74) is 0.661. The van der Waals surface area contributed by atoms with Crippen LogP contribution in [0.5, 0.6) is 0 Å². The molecule has 36 heavy (non-hydrogen) atoms. The summed E-state index contributed by atoms with van der Waals surface area (Å²) in [4.78, 5) is 41.3. The van der Waals surface area contributed by atoms with Crippen molar-refractivity contribution in [3.8, 4) is 0 Å². The van der Waals surface area contributed by atoms with Crippen LogP contribution in [0, 0.1) is 6.92 Å². The molecule has 0 spiro atoms. The number of halogens is 1. The van der Waals surface area contributed by atoms with E-state index in [2.05, 4.69) is 15.3 Å². The Balaban J connectivity index is 1.99. The standard InChI is InChI=1S/C22H24IN3O9S/c1-12-4-6-16(7-5-12)36(30,31)35-18-17(11-32-13(2)27)34-21(19(18)33-14(3)28)25-20-15(8-9-23)10-24-22(29)26-20/h4-10,17-19,21H,11H2,1-3H3,(H2,24,25,26,29)/t17-,18+,19-,21-/m1/s1. The lowest BCUT2D eigenvalue weighted by Gasteiger charge is -2.24. The maximum Gasteiger partial charge on any atom is 0.346 e. The van der Waals surface area contributed by atoms with E-state index in [1.54, 1.807) is 29.2 Å². The van der Waals surface area contributed by atoms with Gasteiger partial charge in [-0.3, -0.25) is 18.8 Å². The van der Waals surface area contributed by atoms with Crippen molar-refractivity contribution in [2.24, 2.45) is 0 Å². The SMILES string of the molecule is CC(=O)OC[C@H]1O[C@@H](Nc2[nH]c(=O)ncc2C=CI)[C@H](OC(C)=O)[C@H]1OS(=O)(=O)c1ccc(C)cc1. The Morgan fingerprint density at radius 2 is 1.89 bits per heavy atom. The lowest BCUT2D eigenvalue weighted by Crippen LogP contribution is -2.43. The van der Waals surface area contributed by atoms with Crippen molar-refractivity contribution in [2.45, 2.75) is 50.2 Å². The number of nitrogens with zero attached hydrogens (tertiary/aromatic N) is 1. The number of H-pyrrole nitrogens is 1. The molecule has 14 heteroatoms. The van der Waals surface area contributed by atoms with Crippen LogP contribution in [0.15, 0.2) is 44.2 Å². The van der Waals surface area contributed by atoms with Crippen LogP contribution in [0.3, 0.4) is 0 Å². The predicted molar refractivity (Wildman–Crippen MR) is 136 cm³/mol. The number of hydrogen-bond acceptors (Lipinski definition) is 11. The van der Waals surface area contributed by atoms with E-state index in [0.29, 0.717) is 5.56 Å². The first kappa shape index (κ1) is 27.8. The van der Waals surface area contributed by atoms with Crippen molar-refractivity contribution >= 4 is 56.5 Å². The van der Waals surface area contributed by atoms with Gasteiger partial charge in [0.05, 0.1) is 4.90 Å². The molecule has 0 amide bonds. The molecule has 0 unspecified atom stereocenters. The van der Waals surface area contributed by atoms with Gasteiger partial charge >= 0.3 is 17.6 Å². The zero-order chi connectivity index (χ0) is 26.5. The summed E-state index contributed by atoms with van der Waals surface area (Å²) in [6.07, 6.45) is -2.07. The topological polar surface area (TPSA) is 163 Å². The highest BCUT2D eigenvalue weighted by atomic mass is 127. The molecule has 0 radical (unpaired) electrons. The van der Waals surface area contributed by atoms with Gasteiger partial charge < -0.3 is 19.5 Å². The van der Waals surface area contributed by atoms with Crippen molar-refractivity contribution in [3.05, 3.63) is 56.2 Å². The number of benzene rings is 1. The molecule has 1 aliphatic rings. The van der Waals surface area contributed by atoms with Gasteiger partial charge in [-0.1, -0.05) is 40.3 Å². The Hall–Kier alpha value is -2.82. The summed E-state index contributed by atoms with van der Waals surface area (Å²) in [6.45, 7) is 3.74. The molecule has 4 atom stereocenters. The fourth-order valence-corrected chi connectivity index (χ4v) is 4.87. The van der Waals surface area contributed by atoms with Gasteiger partial charge in [-0.25, -0.2) is 9.78 Å². The number of anilines is 1. The largest absolute Gasteiger partial charge is 0.463 e. The number of ether oxygens (including phenoxy) is 3. The van der Waals surface area contributed by atoms with Crippen LogP contribution in [-0.4, -0.2) is 61.5 Å². The summed E-state index contributed by atoms with van der Waals surface area (Å²) in [6, 6.07) is 5.96. The highest BCUT2D eigenvalue weighted by molar-refractivity contribution is 14.1. The van der Waals surface area contributed by atoms with E-state index >= 15 is 0 Å². The fourth-order valence-electron chi connectivity index (χ4n) is 3.38. The number of esters is 2. The van der Waals surface area contributed by atoms with Crippen molar-refractivity contribution in [3.63, 3.8) is 0 Å². The van der Waals surface area contributed by atoms with E-state index in [-0.39, 0.29) is 17.3 Å². The highest BCUT2D eigenvalue weighted by Gasteiger charge is 2.51. The second kappa shape index (κ2) is 11.9. The van der Waals surface area contributed by atoms with Gasteiger partial charge in [-0.2, -0.15) is 8.42 Å². The van der Waals surface area contributed by atoms with E-state index in [0.717, 1.165) is 12.5 Å². The number of aromatic nitrogens is 2. The maximum atomic E-state index is 13.1. The third-order valence-electron chi connectivity index (χ3n) is 4.98. The number of carbonyl (C=O) groups excluding carboxylic acids is 2. The monoisotopic (exact) mass is 633 g/mol. The Kier molecular flexibility index (Phi) is 9.21. The van der Waals surface area contributed by atoms with Gasteiger partial charge in [0.1, 0.15) is 24.6 Å². The molecule has 1 aromatic carbocycles. The molecule has 0 aliphatic carbocycles. The number of rotatable bonds is 9. The summed E-state index contributed by atoms with van der Waals surface area (Å²) < 4.78 is 49.6. The minimum Gasteiger partial charge on any atom is -0.463 e. The number of hydrogen-bond donors (Lipinski definition) is 2. The van der Waals surface area contributed by atoms with Gasteiger partial charge in [-0.15, -0.1) is 0 Å². The zero-order valence-corrected chi connectivity index (χ0v) is 22.4. The normalized spacial score (nSPS) is 21.9. The average Bonchev–Trinajstić information content (AvgIpc) is 3.09. The van der Waals surface area contributed by atoms with Gasteiger partial charge in [0.2, 0.25) is 0 Å². The number of nitrogens with one attached hydrogen (secondary N) is 2. The maximum absolute atomic E-state index is 13.1. The molecule has 2 N–H and O–H groups in total. The van der Waals surface area contributed by atoms with E-state index < -0.39 is 52.3 Å². The predicted octanol–water partition coefficient (Wildman–Crippen LogP) is 1.89. The van der Waals surface area contributed by atoms with Crippen LogP contribution >= 0.6 is 22.6 Å². The molecule has 3 rings (SSSR count). The lowest BCUT2D eigenvalue weighted by molar-refractivity contribution is -0.151. The van der Waals surface area contributed by atoms with Crippen LogP contribution in [0.4, 0.5) is 5.82 Å². The third kappa shape index (κ3) is 7.11. The minimum absolute atomic E-state index is 0.120. The zero-order valence-electron chi connectivity index (χ0n) is 19.5. The van der Waals surface area contributed by atoms with Gasteiger partial charge in [-0.05, 0) is 29.2 Å². The first-order valence-corrected chi connectivity index (χ1v) is 13.2. The molecule has 2 heterocycles. The molecule has 194 valence electrons. The van der Waals surface area contributed by atoms with E-state index in [1.165, 1.54) is 25.3 Å². The summed E-state index contributed by atoms with van der Waals surface area (Å²) in [5, 5.41) is 2.91. The van der Waals surface area contributed by atoms with E-state index in [4.69, 9.17) is 18.4 Å². The number of carbonyl (C=O) groups is 2. The Labute approximate surface area is 220 Å². The molecule has 12 nitrogen and oxygen atoms in total. The number of aryl methyl sites for hydroxylation is 1. The van der Waals surface area contributed by atoms with Crippen LogP contribution in [0.25, 0.3) is 6.08 Å². The molecule has 1 aliphatic heterocycles. The first-order chi connectivity index (χ1) is 17.0. The Bertz CT molecular complexity index is 1290. The van der Waals surface area contributed by atoms with E-state index in [1.807, 2.05) is 22.6 Å². The van der Waals surface area contributed by atoms with Gasteiger partial charge in [0, 0.05) is 25.6 Å². The molecule has 1 fully saturated rings. The molecule has 0 saturated carbocycles. The molecular formula is C22H24IN3O9S. The highest BCUT2D eigenvalue weighted by Crippen LogP contribution is 2.31. The van der Waals surface area contributed by atoms with Crippen LogP contribution < -0.4 is 11.0 Å². The third-order valence-corrected chi connectivity index (χ3v) is 6.67. The smallest absolute Gasteiger partial charge is 0.346 e. The Morgan fingerprint density at radius 1 is 1.19 bits per heavy atom. The molecule has 1 saturated heterocycles. The number of aromatic amines is 1. The summed E-state index contributed by atoms with van der Waals surface area (Å²) in [5.74, 6) is -1.19. The molecule has 2 aromatic rings. The minimum atomic E-state index is -4.34. The Morgan fingerprint density at radius 3 is 2.50 bits per heavy atom. The summed E-state index contributed by atoms with van der Waals surface area (Å²) in [7, 11) is -4.34. The van der Waals surface area contributed by atoms with Crippen LogP contribution in [0.2, 0.25) is 0 Å². The second-order valence-electron chi connectivity index (χ2n) is 7.76. The average molecular weight is 633 g/mol. The molecular weight excluding hydrogens is 609 g/mol. The quantitative estimate of drug-likeness (QED) is 0.236. The molecule has 0 bridgehead atoms. The fraction of sp³-hybridized carbons (Fsp3) is 0.364. The van der Waals surface area contributed by atoms with Crippen molar-refractivity contribution in [1.29, 1.82) is 0 Å². The molecule has 1 aromatic heterocycles. The van der Waals surface area contributed by atoms with Crippen molar-refractivity contribution < 1.29 is 36.4 Å². The van der Waals surface area contributed by atoms with Crippen LogP contribution in [0.1, 0.15) is 25.0 Å².